The Balaban J connectivity index is 2.07. The van der Waals surface area contributed by atoms with Gasteiger partial charge in [-0.3, -0.25) is 0 Å². The number of para-hydroxylation sites is 1. The predicted molar refractivity (Wildman–Crippen MR) is 76.4 cm³/mol. The lowest BCUT2D eigenvalue weighted by Gasteiger charge is -2.07. The number of fused-ring (bicyclic) bond motifs is 1. The molecule has 0 aliphatic rings. The van der Waals surface area contributed by atoms with E-state index in [1.807, 2.05) is 31.2 Å². The summed E-state index contributed by atoms with van der Waals surface area (Å²) >= 11 is 0. The molecule has 0 atom stereocenters. The quantitative estimate of drug-likeness (QED) is 0.783. The van der Waals surface area contributed by atoms with E-state index in [4.69, 9.17) is 10.5 Å². The van der Waals surface area contributed by atoms with Crippen molar-refractivity contribution in [2.24, 2.45) is 0 Å². The first-order valence-corrected chi connectivity index (χ1v) is 6.42. The van der Waals surface area contributed by atoms with E-state index in [0.717, 1.165) is 10.9 Å². The second-order valence-electron chi connectivity index (χ2n) is 4.32. The molecule has 102 valence electrons. The summed E-state index contributed by atoms with van der Waals surface area (Å²) in [6, 6.07) is 9.64. The second kappa shape index (κ2) is 5.26. The van der Waals surface area contributed by atoms with Gasteiger partial charge in [0.05, 0.1) is 11.7 Å². The van der Waals surface area contributed by atoms with Gasteiger partial charge in [-0.15, -0.1) is 0 Å². The maximum atomic E-state index is 5.83. The zero-order chi connectivity index (χ0) is 13.9. The first-order valence-electron chi connectivity index (χ1n) is 6.42. The number of nitrogen functional groups attached to an aromatic ring is 1. The highest BCUT2D eigenvalue weighted by atomic mass is 16.5. The number of hydrogen-bond donors (Lipinski definition) is 1. The van der Waals surface area contributed by atoms with Crippen LogP contribution in [0.5, 0.6) is 0 Å². The number of ether oxygens (including phenoxy) is 1. The molecule has 2 N–H and O–H groups in total. The van der Waals surface area contributed by atoms with Gasteiger partial charge in [0.1, 0.15) is 12.4 Å². The fraction of sp³-hybridized carbons (Fsp3) is 0.214. The van der Waals surface area contributed by atoms with Gasteiger partial charge in [0, 0.05) is 18.1 Å². The minimum atomic E-state index is 0.341. The van der Waals surface area contributed by atoms with Gasteiger partial charge >= 0.3 is 0 Å². The van der Waals surface area contributed by atoms with Crippen LogP contribution in [0, 0.1) is 0 Å². The first kappa shape index (κ1) is 12.6. The Bertz CT molecular complexity index is 737. The standard InChI is InChI=1S/C14H15N5O/c1-2-20-9-13-17-12(15)7-14(18-13)19-11-6-4-3-5-10(11)8-16-19/h3-8H,2,9H2,1H3,(H2,15,17,18). The minimum Gasteiger partial charge on any atom is -0.384 e. The lowest BCUT2D eigenvalue weighted by molar-refractivity contribution is 0.128. The summed E-state index contributed by atoms with van der Waals surface area (Å²) in [6.45, 7) is 2.88. The molecule has 0 fully saturated rings. The lowest BCUT2D eigenvalue weighted by atomic mass is 10.2. The average Bonchev–Trinajstić information content (AvgIpc) is 2.88. The number of benzene rings is 1. The molecule has 6 nitrogen and oxygen atoms in total. The molecule has 20 heavy (non-hydrogen) atoms. The van der Waals surface area contributed by atoms with Gasteiger partial charge < -0.3 is 10.5 Å². The van der Waals surface area contributed by atoms with Gasteiger partial charge in [-0.1, -0.05) is 18.2 Å². The van der Waals surface area contributed by atoms with E-state index in [2.05, 4.69) is 15.1 Å². The molecule has 2 aromatic heterocycles. The Hall–Kier alpha value is -2.47. The van der Waals surface area contributed by atoms with Crippen molar-refractivity contribution in [1.82, 2.24) is 19.7 Å². The molecule has 0 aliphatic carbocycles. The second-order valence-corrected chi connectivity index (χ2v) is 4.32. The van der Waals surface area contributed by atoms with Crippen LogP contribution in [0.3, 0.4) is 0 Å². The number of hydrogen-bond acceptors (Lipinski definition) is 5. The average molecular weight is 269 g/mol. The normalized spacial score (nSPS) is 11.1. The van der Waals surface area contributed by atoms with E-state index in [1.165, 1.54) is 0 Å². The molecule has 3 rings (SSSR count). The molecule has 0 saturated heterocycles. The van der Waals surface area contributed by atoms with Crippen LogP contribution >= 0.6 is 0 Å². The molecule has 0 unspecified atom stereocenters. The van der Waals surface area contributed by atoms with Gasteiger partial charge in [0.2, 0.25) is 0 Å². The highest BCUT2D eigenvalue weighted by Gasteiger charge is 2.08. The minimum absolute atomic E-state index is 0.341. The van der Waals surface area contributed by atoms with Crippen molar-refractivity contribution in [3.63, 3.8) is 0 Å². The smallest absolute Gasteiger partial charge is 0.159 e. The number of aromatic nitrogens is 4. The molecular formula is C14H15N5O. The topological polar surface area (TPSA) is 78.9 Å². The van der Waals surface area contributed by atoms with Crippen LogP contribution in [-0.4, -0.2) is 26.4 Å². The van der Waals surface area contributed by atoms with E-state index in [-0.39, 0.29) is 0 Å². The van der Waals surface area contributed by atoms with Crippen LogP contribution in [0.2, 0.25) is 0 Å². The Morgan fingerprint density at radius 2 is 2.10 bits per heavy atom. The predicted octanol–water partition coefficient (Wildman–Crippen LogP) is 1.93. The molecule has 3 aromatic rings. The summed E-state index contributed by atoms with van der Waals surface area (Å²) in [5, 5.41) is 5.41. The molecular weight excluding hydrogens is 254 g/mol. The summed E-state index contributed by atoms with van der Waals surface area (Å²) in [4.78, 5) is 8.61. The summed E-state index contributed by atoms with van der Waals surface area (Å²) in [7, 11) is 0. The summed E-state index contributed by atoms with van der Waals surface area (Å²) in [6.07, 6.45) is 1.80. The highest BCUT2D eigenvalue weighted by molar-refractivity contribution is 5.79. The zero-order valence-corrected chi connectivity index (χ0v) is 11.2. The van der Waals surface area contributed by atoms with Gasteiger partial charge in [0.15, 0.2) is 11.6 Å². The molecule has 0 saturated carbocycles. The zero-order valence-electron chi connectivity index (χ0n) is 11.2. The van der Waals surface area contributed by atoms with Crippen LogP contribution in [0.25, 0.3) is 16.7 Å². The van der Waals surface area contributed by atoms with Crippen molar-refractivity contribution in [3.05, 3.63) is 42.4 Å². The third-order valence-corrected chi connectivity index (χ3v) is 2.91. The molecule has 6 heteroatoms. The van der Waals surface area contributed by atoms with Gasteiger partial charge in [-0.25, -0.2) is 14.6 Å². The van der Waals surface area contributed by atoms with E-state index >= 15 is 0 Å². The maximum Gasteiger partial charge on any atom is 0.159 e. The number of nitrogens with two attached hydrogens (primary N) is 1. The maximum absolute atomic E-state index is 5.83. The lowest BCUT2D eigenvalue weighted by Crippen LogP contribution is -2.08. The van der Waals surface area contributed by atoms with Crippen LogP contribution in [-0.2, 0) is 11.3 Å². The van der Waals surface area contributed by atoms with E-state index < -0.39 is 0 Å². The molecule has 1 aromatic carbocycles. The molecule has 0 spiro atoms. The summed E-state index contributed by atoms with van der Waals surface area (Å²) in [5.74, 6) is 1.61. The summed E-state index contributed by atoms with van der Waals surface area (Å²) in [5.41, 5.74) is 6.81. The number of rotatable bonds is 4. The fourth-order valence-electron chi connectivity index (χ4n) is 2.02. The third-order valence-electron chi connectivity index (χ3n) is 2.91. The Labute approximate surface area is 116 Å². The van der Waals surface area contributed by atoms with Gasteiger partial charge in [-0.2, -0.15) is 5.10 Å². The molecule has 0 bridgehead atoms. The Kier molecular flexibility index (Phi) is 3.30. The fourth-order valence-corrected chi connectivity index (χ4v) is 2.02. The van der Waals surface area contributed by atoms with Crippen LogP contribution in [0.4, 0.5) is 5.82 Å². The van der Waals surface area contributed by atoms with Crippen molar-refractivity contribution in [1.29, 1.82) is 0 Å². The van der Waals surface area contributed by atoms with Gasteiger partial charge in [-0.05, 0) is 13.0 Å². The van der Waals surface area contributed by atoms with Crippen LogP contribution in [0.15, 0.2) is 36.5 Å². The monoisotopic (exact) mass is 269 g/mol. The number of nitrogens with zero attached hydrogens (tertiary/aromatic N) is 4. The largest absolute Gasteiger partial charge is 0.384 e. The molecule has 0 amide bonds. The molecule has 0 aliphatic heterocycles. The van der Waals surface area contributed by atoms with Crippen molar-refractivity contribution in [3.8, 4) is 5.82 Å². The third kappa shape index (κ3) is 2.33. The SMILES string of the molecule is CCOCc1nc(N)cc(-n2ncc3ccccc32)n1. The van der Waals surface area contributed by atoms with E-state index in [0.29, 0.717) is 30.7 Å². The van der Waals surface area contributed by atoms with Crippen molar-refractivity contribution in [2.45, 2.75) is 13.5 Å². The van der Waals surface area contributed by atoms with Crippen LogP contribution in [0.1, 0.15) is 12.7 Å². The summed E-state index contributed by atoms with van der Waals surface area (Å²) < 4.78 is 7.08. The molecule has 0 radical (unpaired) electrons. The van der Waals surface area contributed by atoms with E-state index in [1.54, 1.807) is 16.9 Å². The van der Waals surface area contributed by atoms with Gasteiger partial charge in [0.25, 0.3) is 0 Å². The number of anilines is 1. The van der Waals surface area contributed by atoms with E-state index in [9.17, 15) is 0 Å². The Morgan fingerprint density at radius 3 is 2.95 bits per heavy atom. The highest BCUT2D eigenvalue weighted by Crippen LogP contribution is 2.17. The van der Waals surface area contributed by atoms with Crippen LogP contribution < -0.4 is 5.73 Å². The molecule has 2 heterocycles. The Morgan fingerprint density at radius 1 is 1.25 bits per heavy atom. The first-order chi connectivity index (χ1) is 9.78. The van der Waals surface area contributed by atoms with Crippen molar-refractivity contribution in [2.75, 3.05) is 12.3 Å². The van der Waals surface area contributed by atoms with Crippen molar-refractivity contribution < 1.29 is 4.74 Å². The van der Waals surface area contributed by atoms with Crippen molar-refractivity contribution >= 4 is 16.7 Å².